The van der Waals surface area contributed by atoms with Crippen molar-refractivity contribution in [3.63, 3.8) is 0 Å². The van der Waals surface area contributed by atoms with Crippen molar-refractivity contribution in [2.75, 3.05) is 0 Å². The van der Waals surface area contributed by atoms with Gasteiger partial charge in [0, 0.05) is 11.1 Å². The normalized spacial score (nSPS) is 10.6. The van der Waals surface area contributed by atoms with Gasteiger partial charge in [0.2, 0.25) is 0 Å². The molecule has 2 aromatic carbocycles. The first-order valence-electron chi connectivity index (χ1n) is 6.38. The highest BCUT2D eigenvalue weighted by molar-refractivity contribution is 7.82. The molecule has 0 atom stereocenters. The van der Waals surface area contributed by atoms with Gasteiger partial charge in [-0.25, -0.2) is 0 Å². The summed E-state index contributed by atoms with van der Waals surface area (Å²) in [4.78, 5) is 1.28. The SMILES string of the molecule is S=c1c(S)c(-c2ccccc2)oc(-c2ccccc2)c1S. The average Bonchev–Trinajstić information content (AvgIpc) is 2.55. The van der Waals surface area contributed by atoms with E-state index in [0.29, 0.717) is 25.8 Å². The number of hydrogen-bond donors (Lipinski definition) is 2. The minimum atomic E-state index is 0.602. The maximum absolute atomic E-state index is 6.07. The van der Waals surface area contributed by atoms with Gasteiger partial charge in [-0.2, -0.15) is 0 Å². The summed E-state index contributed by atoms with van der Waals surface area (Å²) in [5, 5.41) is 0. The topological polar surface area (TPSA) is 13.1 Å². The fraction of sp³-hybridized carbons (Fsp3) is 0. The van der Waals surface area contributed by atoms with Crippen molar-refractivity contribution in [1.29, 1.82) is 0 Å². The molecule has 0 aliphatic carbocycles. The fourth-order valence-corrected chi connectivity index (χ4v) is 2.93. The second kappa shape index (κ2) is 6.10. The molecule has 3 rings (SSSR count). The van der Waals surface area contributed by atoms with Gasteiger partial charge in [0.1, 0.15) is 11.5 Å². The van der Waals surface area contributed by atoms with Crippen molar-refractivity contribution >= 4 is 37.5 Å². The van der Waals surface area contributed by atoms with E-state index in [-0.39, 0.29) is 0 Å². The van der Waals surface area contributed by atoms with Crippen LogP contribution in [0.2, 0.25) is 0 Å². The molecule has 21 heavy (non-hydrogen) atoms. The summed E-state index contributed by atoms with van der Waals surface area (Å²) in [6.07, 6.45) is 0. The standard InChI is InChI=1S/C17H12OS3/c19-15-13(11-7-3-1-4-8-11)18-14(16(20)17(15)21)12-9-5-2-6-10-12/h1-10,19-20H. The Morgan fingerprint density at radius 2 is 1.05 bits per heavy atom. The Morgan fingerprint density at radius 3 is 1.43 bits per heavy atom. The largest absolute Gasteiger partial charge is 0.454 e. The van der Waals surface area contributed by atoms with Crippen molar-refractivity contribution in [3.8, 4) is 22.6 Å². The van der Waals surface area contributed by atoms with Crippen LogP contribution in [0.1, 0.15) is 0 Å². The molecule has 104 valence electrons. The first kappa shape index (κ1) is 14.4. The van der Waals surface area contributed by atoms with Crippen molar-refractivity contribution < 1.29 is 4.42 Å². The fourth-order valence-electron chi connectivity index (χ4n) is 2.09. The van der Waals surface area contributed by atoms with Gasteiger partial charge < -0.3 is 4.42 Å². The predicted molar refractivity (Wildman–Crippen MR) is 94.9 cm³/mol. The first-order valence-corrected chi connectivity index (χ1v) is 7.68. The van der Waals surface area contributed by atoms with E-state index in [1.54, 1.807) is 0 Å². The Morgan fingerprint density at radius 1 is 0.667 bits per heavy atom. The van der Waals surface area contributed by atoms with Crippen LogP contribution in [0.5, 0.6) is 0 Å². The van der Waals surface area contributed by atoms with Gasteiger partial charge in [0.25, 0.3) is 0 Å². The van der Waals surface area contributed by atoms with Gasteiger partial charge >= 0.3 is 0 Å². The van der Waals surface area contributed by atoms with Gasteiger partial charge in [-0.05, 0) is 0 Å². The molecule has 1 aromatic heterocycles. The third kappa shape index (κ3) is 2.79. The summed E-state index contributed by atoms with van der Waals surface area (Å²) in [7, 11) is 0. The smallest absolute Gasteiger partial charge is 0.149 e. The third-order valence-electron chi connectivity index (χ3n) is 3.14. The average molecular weight is 328 g/mol. The summed E-state index contributed by atoms with van der Waals surface area (Å²) in [6.45, 7) is 0. The molecule has 1 nitrogen and oxygen atoms in total. The summed E-state index contributed by atoms with van der Waals surface area (Å²) >= 11 is 14.5. The lowest BCUT2D eigenvalue weighted by Crippen LogP contribution is -1.88. The lowest BCUT2D eigenvalue weighted by molar-refractivity contribution is 0.556. The lowest BCUT2D eigenvalue weighted by atomic mass is 10.1. The Labute approximate surface area is 139 Å². The number of rotatable bonds is 2. The summed E-state index contributed by atoms with van der Waals surface area (Å²) < 4.78 is 6.67. The van der Waals surface area contributed by atoms with Crippen molar-refractivity contribution in [2.45, 2.75) is 9.79 Å². The summed E-state index contributed by atoms with van der Waals surface area (Å²) in [5.74, 6) is 1.33. The van der Waals surface area contributed by atoms with E-state index in [1.165, 1.54) is 0 Å². The zero-order chi connectivity index (χ0) is 14.8. The Hall–Kier alpha value is -1.49. The zero-order valence-corrected chi connectivity index (χ0v) is 13.6. The molecule has 0 aliphatic rings. The van der Waals surface area contributed by atoms with Crippen molar-refractivity contribution in [3.05, 3.63) is 65.2 Å². The highest BCUT2D eigenvalue weighted by Crippen LogP contribution is 2.37. The molecule has 0 amide bonds. The molecule has 0 bridgehead atoms. The molecule has 4 heteroatoms. The van der Waals surface area contributed by atoms with Gasteiger partial charge in [-0.1, -0.05) is 72.9 Å². The monoisotopic (exact) mass is 328 g/mol. The van der Waals surface area contributed by atoms with E-state index >= 15 is 0 Å². The quantitative estimate of drug-likeness (QED) is 0.448. The van der Waals surface area contributed by atoms with Gasteiger partial charge in [0.05, 0.1) is 14.3 Å². The molecule has 0 unspecified atom stereocenters. The molecule has 0 radical (unpaired) electrons. The van der Waals surface area contributed by atoms with Gasteiger partial charge in [0.15, 0.2) is 0 Å². The van der Waals surface area contributed by atoms with Gasteiger partial charge in [-0.15, -0.1) is 25.3 Å². The molecule has 0 saturated carbocycles. The molecule has 0 N–H and O–H groups in total. The third-order valence-corrected chi connectivity index (χ3v) is 4.70. The highest BCUT2D eigenvalue weighted by atomic mass is 32.1. The van der Waals surface area contributed by atoms with E-state index in [0.717, 1.165) is 11.1 Å². The van der Waals surface area contributed by atoms with Gasteiger partial charge in [-0.3, -0.25) is 0 Å². The van der Waals surface area contributed by atoms with Crippen LogP contribution >= 0.6 is 37.5 Å². The molecule has 1 heterocycles. The van der Waals surface area contributed by atoms with Crippen molar-refractivity contribution in [2.24, 2.45) is 0 Å². The van der Waals surface area contributed by atoms with Crippen LogP contribution in [0.4, 0.5) is 0 Å². The second-order valence-corrected chi connectivity index (χ2v) is 5.82. The lowest BCUT2D eigenvalue weighted by Gasteiger charge is -2.11. The molecular weight excluding hydrogens is 316 g/mol. The van der Waals surface area contributed by atoms with Crippen LogP contribution in [0.15, 0.2) is 74.9 Å². The minimum absolute atomic E-state index is 0.602. The Kier molecular flexibility index (Phi) is 4.19. The Balaban J connectivity index is 2.29. The van der Waals surface area contributed by atoms with E-state index in [1.807, 2.05) is 60.7 Å². The van der Waals surface area contributed by atoms with Crippen LogP contribution in [-0.4, -0.2) is 0 Å². The van der Waals surface area contributed by atoms with E-state index in [2.05, 4.69) is 25.3 Å². The van der Waals surface area contributed by atoms with Crippen LogP contribution in [0.25, 0.3) is 22.6 Å². The highest BCUT2D eigenvalue weighted by Gasteiger charge is 2.15. The molecule has 3 aromatic rings. The summed E-state index contributed by atoms with van der Waals surface area (Å²) in [5.41, 5.74) is 1.89. The first-order chi connectivity index (χ1) is 10.2. The molecule has 0 spiro atoms. The van der Waals surface area contributed by atoms with Crippen LogP contribution in [0, 0.1) is 4.51 Å². The number of hydrogen-bond acceptors (Lipinski definition) is 4. The van der Waals surface area contributed by atoms with Crippen LogP contribution < -0.4 is 0 Å². The Bertz CT molecular complexity index is 757. The minimum Gasteiger partial charge on any atom is -0.454 e. The second-order valence-electron chi connectivity index (χ2n) is 4.52. The van der Waals surface area contributed by atoms with E-state index < -0.39 is 0 Å². The van der Waals surface area contributed by atoms with Crippen LogP contribution in [-0.2, 0) is 0 Å². The van der Waals surface area contributed by atoms with Crippen LogP contribution in [0.3, 0.4) is 0 Å². The summed E-state index contributed by atoms with van der Waals surface area (Å²) in [6, 6.07) is 19.6. The number of benzene rings is 2. The maximum Gasteiger partial charge on any atom is 0.149 e. The molecular formula is C17H12OS3. The van der Waals surface area contributed by atoms with E-state index in [4.69, 9.17) is 16.6 Å². The zero-order valence-electron chi connectivity index (χ0n) is 11.0. The molecule has 0 saturated heterocycles. The molecule has 0 fully saturated rings. The molecule has 0 aliphatic heterocycles. The predicted octanol–water partition coefficient (Wildman–Crippen LogP) is 5.92. The van der Waals surface area contributed by atoms with E-state index in [9.17, 15) is 0 Å². The maximum atomic E-state index is 6.07. The number of thiol groups is 2. The van der Waals surface area contributed by atoms with Crippen molar-refractivity contribution in [1.82, 2.24) is 0 Å².